The molecule has 0 atom stereocenters. The summed E-state index contributed by atoms with van der Waals surface area (Å²) in [4.78, 5) is 16.9. The van der Waals surface area contributed by atoms with Crippen LogP contribution in [0, 0.1) is 0 Å². The predicted molar refractivity (Wildman–Crippen MR) is 61.6 cm³/mol. The van der Waals surface area contributed by atoms with E-state index in [0.29, 0.717) is 0 Å². The van der Waals surface area contributed by atoms with Crippen LogP contribution in [-0.4, -0.2) is 22.3 Å². The molecule has 0 bridgehead atoms. The minimum atomic E-state index is -0.957. The summed E-state index contributed by atoms with van der Waals surface area (Å²) in [6.07, 6.45) is 6.47. The van der Waals surface area contributed by atoms with Gasteiger partial charge in [0.2, 0.25) is 0 Å². The zero-order valence-electron chi connectivity index (χ0n) is 8.70. The Hall–Kier alpha value is -2.56. The Kier molecular flexibility index (Phi) is 1.98. The number of carbonyl (C=O) groups is 1. The standard InChI is InChI=1S/C12H8N2O3/c15-12(16)8-1-2-10-9(5-8)11-6-17-4-3-14(11)7-13-10/h1-7H,(H,15,16). The molecule has 0 unspecified atom stereocenters. The minimum Gasteiger partial charge on any atom is -0.478 e. The van der Waals surface area contributed by atoms with Crippen molar-refractivity contribution in [3.63, 3.8) is 0 Å². The maximum Gasteiger partial charge on any atom is 0.335 e. The molecule has 3 rings (SSSR count). The molecule has 0 aliphatic carbocycles. The molecule has 0 saturated heterocycles. The van der Waals surface area contributed by atoms with Gasteiger partial charge in [0.05, 0.1) is 23.3 Å². The van der Waals surface area contributed by atoms with E-state index in [9.17, 15) is 4.79 Å². The third kappa shape index (κ3) is 1.48. The number of hydrogen-bond acceptors (Lipinski definition) is 4. The summed E-state index contributed by atoms with van der Waals surface area (Å²) in [5.41, 5.74) is 2.49. The van der Waals surface area contributed by atoms with Gasteiger partial charge in [-0.1, -0.05) is 0 Å². The third-order valence-electron chi connectivity index (χ3n) is 2.60. The Bertz CT molecular complexity index is 587. The van der Waals surface area contributed by atoms with Crippen molar-refractivity contribution in [3.05, 3.63) is 48.1 Å². The van der Waals surface area contributed by atoms with Crippen molar-refractivity contribution in [1.82, 2.24) is 4.90 Å². The van der Waals surface area contributed by atoms with Crippen molar-refractivity contribution < 1.29 is 14.6 Å². The zero-order chi connectivity index (χ0) is 11.8. The van der Waals surface area contributed by atoms with E-state index < -0.39 is 5.97 Å². The summed E-state index contributed by atoms with van der Waals surface area (Å²) in [6.45, 7) is 0. The van der Waals surface area contributed by atoms with Crippen molar-refractivity contribution in [3.8, 4) is 0 Å². The van der Waals surface area contributed by atoms with Crippen LogP contribution in [0.2, 0.25) is 0 Å². The first-order chi connectivity index (χ1) is 8.25. The average Bonchev–Trinajstić information content (AvgIpc) is 2.38. The largest absolute Gasteiger partial charge is 0.478 e. The first-order valence-electron chi connectivity index (χ1n) is 4.98. The molecule has 0 amide bonds. The lowest BCUT2D eigenvalue weighted by Gasteiger charge is -2.25. The number of carboxylic acid groups (broad SMARTS) is 1. The summed E-state index contributed by atoms with van der Waals surface area (Å²) < 4.78 is 5.10. The van der Waals surface area contributed by atoms with E-state index in [-0.39, 0.29) is 5.56 Å². The maximum absolute atomic E-state index is 10.9. The molecular formula is C12H8N2O3. The van der Waals surface area contributed by atoms with Gasteiger partial charge in [0, 0.05) is 11.8 Å². The molecule has 2 heterocycles. The summed E-state index contributed by atoms with van der Waals surface area (Å²) in [6, 6.07) is 4.82. The predicted octanol–water partition coefficient (Wildman–Crippen LogP) is 2.16. The van der Waals surface area contributed by atoms with E-state index in [1.165, 1.54) is 12.3 Å². The molecule has 1 aromatic carbocycles. The molecule has 2 aliphatic heterocycles. The summed E-state index contributed by atoms with van der Waals surface area (Å²) in [5, 5.41) is 8.97. The molecule has 5 heteroatoms. The fraction of sp³-hybridized carbons (Fsp3) is 0. The lowest BCUT2D eigenvalue weighted by Crippen LogP contribution is -2.19. The highest BCUT2D eigenvalue weighted by molar-refractivity contribution is 5.93. The number of hydrogen-bond donors (Lipinski definition) is 1. The number of rotatable bonds is 1. The summed E-state index contributed by atoms with van der Waals surface area (Å²) in [5.74, 6) is -0.957. The first-order valence-corrected chi connectivity index (χ1v) is 4.98. The highest BCUT2D eigenvalue weighted by Crippen LogP contribution is 2.34. The van der Waals surface area contributed by atoms with E-state index in [0.717, 1.165) is 16.9 Å². The van der Waals surface area contributed by atoms with Gasteiger partial charge in [-0.05, 0) is 18.2 Å². The minimum absolute atomic E-state index is 0.233. The monoisotopic (exact) mass is 228 g/mol. The van der Waals surface area contributed by atoms with Crippen LogP contribution >= 0.6 is 0 Å². The Balaban J connectivity index is 2.16. The summed E-state index contributed by atoms with van der Waals surface area (Å²) in [7, 11) is 0. The fourth-order valence-electron chi connectivity index (χ4n) is 1.76. The molecule has 1 aromatic rings. The fourth-order valence-corrected chi connectivity index (χ4v) is 1.76. The van der Waals surface area contributed by atoms with Gasteiger partial charge in [-0.2, -0.15) is 0 Å². The van der Waals surface area contributed by atoms with E-state index in [1.54, 1.807) is 35.8 Å². The second-order valence-electron chi connectivity index (χ2n) is 3.61. The number of aliphatic imine (C=N–C) groups is 1. The van der Waals surface area contributed by atoms with Gasteiger partial charge in [-0.25, -0.2) is 9.79 Å². The molecule has 1 N–H and O–H groups in total. The van der Waals surface area contributed by atoms with Crippen molar-refractivity contribution in [1.29, 1.82) is 0 Å². The van der Waals surface area contributed by atoms with Crippen LogP contribution in [0.15, 0.2) is 41.9 Å². The number of fused-ring (bicyclic) bond motifs is 3. The number of aromatic carboxylic acids is 1. The lowest BCUT2D eigenvalue weighted by molar-refractivity contribution is 0.0697. The number of ether oxygens (including phenoxy) is 1. The summed E-state index contributed by atoms with van der Waals surface area (Å²) >= 11 is 0. The van der Waals surface area contributed by atoms with Gasteiger partial charge in [-0.15, -0.1) is 0 Å². The molecule has 5 nitrogen and oxygen atoms in total. The van der Waals surface area contributed by atoms with Crippen LogP contribution in [0.4, 0.5) is 5.69 Å². The van der Waals surface area contributed by atoms with Crippen molar-refractivity contribution in [2.75, 3.05) is 0 Å². The Labute approximate surface area is 97.0 Å². The molecule has 0 aromatic heterocycles. The van der Waals surface area contributed by atoms with Crippen LogP contribution in [-0.2, 0) is 4.74 Å². The van der Waals surface area contributed by atoms with Gasteiger partial charge in [0.1, 0.15) is 12.5 Å². The van der Waals surface area contributed by atoms with E-state index in [2.05, 4.69) is 4.99 Å². The number of benzene rings is 1. The lowest BCUT2D eigenvalue weighted by atomic mass is 10.0. The average molecular weight is 228 g/mol. The van der Waals surface area contributed by atoms with Crippen molar-refractivity contribution in [2.24, 2.45) is 4.99 Å². The molecule has 84 valence electrons. The van der Waals surface area contributed by atoms with Crippen molar-refractivity contribution >= 4 is 23.7 Å². The Morgan fingerprint density at radius 3 is 3.12 bits per heavy atom. The molecule has 0 fully saturated rings. The normalized spacial score (nSPS) is 15.8. The van der Waals surface area contributed by atoms with E-state index >= 15 is 0 Å². The molecule has 17 heavy (non-hydrogen) atoms. The number of carboxylic acids is 1. The Morgan fingerprint density at radius 1 is 1.41 bits per heavy atom. The highest BCUT2D eigenvalue weighted by atomic mass is 16.5. The molecule has 0 radical (unpaired) electrons. The first kappa shape index (κ1) is 9.65. The second-order valence-corrected chi connectivity index (χ2v) is 3.61. The van der Waals surface area contributed by atoms with Gasteiger partial charge in [0.15, 0.2) is 0 Å². The topological polar surface area (TPSA) is 62.1 Å². The van der Waals surface area contributed by atoms with E-state index in [4.69, 9.17) is 9.84 Å². The maximum atomic E-state index is 10.9. The number of nitrogens with zero attached hydrogens (tertiary/aromatic N) is 2. The van der Waals surface area contributed by atoms with Crippen LogP contribution in [0.25, 0.3) is 5.70 Å². The van der Waals surface area contributed by atoms with E-state index in [1.807, 2.05) is 0 Å². The molecular weight excluding hydrogens is 220 g/mol. The SMILES string of the molecule is O=C(O)c1ccc2c(c1)C1=COC=CN1C=N2. The van der Waals surface area contributed by atoms with Crippen LogP contribution < -0.4 is 0 Å². The smallest absolute Gasteiger partial charge is 0.335 e. The zero-order valence-corrected chi connectivity index (χ0v) is 8.70. The third-order valence-corrected chi connectivity index (χ3v) is 2.60. The van der Waals surface area contributed by atoms with Gasteiger partial charge in [0.25, 0.3) is 0 Å². The van der Waals surface area contributed by atoms with Crippen molar-refractivity contribution in [2.45, 2.75) is 0 Å². The second kappa shape index (κ2) is 3.48. The molecule has 0 spiro atoms. The van der Waals surface area contributed by atoms with Gasteiger partial charge in [-0.3, -0.25) is 0 Å². The van der Waals surface area contributed by atoms with Crippen LogP contribution in [0.5, 0.6) is 0 Å². The molecule has 0 saturated carbocycles. The van der Waals surface area contributed by atoms with Crippen LogP contribution in [0.1, 0.15) is 15.9 Å². The van der Waals surface area contributed by atoms with Gasteiger partial charge >= 0.3 is 5.97 Å². The van der Waals surface area contributed by atoms with Gasteiger partial charge < -0.3 is 14.7 Å². The molecule has 2 aliphatic rings. The highest BCUT2D eigenvalue weighted by Gasteiger charge is 2.20. The Morgan fingerprint density at radius 2 is 2.29 bits per heavy atom. The quantitative estimate of drug-likeness (QED) is 0.800. The van der Waals surface area contributed by atoms with Crippen LogP contribution in [0.3, 0.4) is 0 Å².